The summed E-state index contributed by atoms with van der Waals surface area (Å²) in [5.74, 6) is -1.38. The second-order valence-electron chi connectivity index (χ2n) is 6.40. The van der Waals surface area contributed by atoms with Crippen LogP contribution in [0.1, 0.15) is 35.4 Å². The molecule has 1 aromatic carbocycles. The lowest BCUT2D eigenvalue weighted by molar-refractivity contribution is -0.143. The van der Waals surface area contributed by atoms with Gasteiger partial charge in [-0.2, -0.15) is 0 Å². The summed E-state index contributed by atoms with van der Waals surface area (Å²) in [6.45, 7) is 9.82. The number of amides is 1. The van der Waals surface area contributed by atoms with Crippen molar-refractivity contribution < 1.29 is 19.1 Å². The van der Waals surface area contributed by atoms with Crippen LogP contribution in [0.4, 0.5) is 0 Å². The zero-order chi connectivity index (χ0) is 19.3. The van der Waals surface area contributed by atoms with Crippen molar-refractivity contribution in [2.45, 2.75) is 32.6 Å². The lowest BCUT2D eigenvalue weighted by Gasteiger charge is -2.29. The number of hydrogen-bond donors (Lipinski definition) is 0. The number of ether oxygens (including phenoxy) is 1. The summed E-state index contributed by atoms with van der Waals surface area (Å²) >= 11 is 0. The van der Waals surface area contributed by atoms with E-state index in [4.69, 9.17) is 4.74 Å². The van der Waals surface area contributed by atoms with Gasteiger partial charge in [-0.15, -0.1) is 13.2 Å². The Morgan fingerprint density at radius 1 is 1.12 bits per heavy atom. The Labute approximate surface area is 149 Å². The Kier molecular flexibility index (Phi) is 7.09. The highest BCUT2D eigenvalue weighted by Crippen LogP contribution is 2.38. The third kappa shape index (κ3) is 4.35. The lowest BCUT2D eigenvalue weighted by Crippen LogP contribution is -2.39. The van der Waals surface area contributed by atoms with Gasteiger partial charge in [-0.1, -0.05) is 6.07 Å². The summed E-state index contributed by atoms with van der Waals surface area (Å²) in [5, 5.41) is 0. The summed E-state index contributed by atoms with van der Waals surface area (Å²) in [4.78, 5) is 38.7. The first-order valence-electron chi connectivity index (χ1n) is 8.18. The van der Waals surface area contributed by atoms with Crippen molar-refractivity contribution in [3.63, 3.8) is 0 Å². The standard InChI is InChI=1S/C18H23NO4.C2H4/c1-10-6-11(2)16(15(7-10)23-5)17-13(20)8-12(9-14(17)21)18(22)19(3)4;1-2/h6-7,12,17H,8-9H2,1-5H3;1-2H2. The van der Waals surface area contributed by atoms with Gasteiger partial charge < -0.3 is 9.64 Å². The van der Waals surface area contributed by atoms with Crippen LogP contribution in [0.15, 0.2) is 25.3 Å². The normalized spacial score (nSPS) is 19.7. The van der Waals surface area contributed by atoms with Gasteiger partial charge in [0.05, 0.1) is 13.0 Å². The van der Waals surface area contributed by atoms with Crippen LogP contribution in [0.3, 0.4) is 0 Å². The van der Waals surface area contributed by atoms with Crippen molar-refractivity contribution in [1.29, 1.82) is 0 Å². The summed E-state index contributed by atoms with van der Waals surface area (Å²) in [6, 6.07) is 3.77. The predicted molar refractivity (Wildman–Crippen MR) is 97.9 cm³/mol. The average molecular weight is 345 g/mol. The Morgan fingerprint density at radius 2 is 1.64 bits per heavy atom. The number of methoxy groups -OCH3 is 1. The van der Waals surface area contributed by atoms with Crippen molar-refractivity contribution in [3.05, 3.63) is 42.0 Å². The van der Waals surface area contributed by atoms with Crippen LogP contribution in [-0.2, 0) is 14.4 Å². The largest absolute Gasteiger partial charge is 0.496 e. The molecular weight excluding hydrogens is 318 g/mol. The Bertz CT molecular complexity index is 661. The average Bonchev–Trinajstić information content (AvgIpc) is 2.56. The Morgan fingerprint density at radius 3 is 2.08 bits per heavy atom. The quantitative estimate of drug-likeness (QED) is 0.624. The van der Waals surface area contributed by atoms with Gasteiger partial charge in [0.2, 0.25) is 5.91 Å². The molecular formula is C20H27NO4. The third-order valence-corrected chi connectivity index (χ3v) is 4.33. The summed E-state index contributed by atoms with van der Waals surface area (Å²) < 4.78 is 5.39. The number of rotatable bonds is 3. The predicted octanol–water partition coefficient (Wildman–Crippen LogP) is 2.83. The molecule has 2 rings (SSSR count). The maximum Gasteiger partial charge on any atom is 0.226 e. The van der Waals surface area contributed by atoms with Crippen LogP contribution >= 0.6 is 0 Å². The molecule has 0 N–H and O–H groups in total. The first kappa shape index (κ1) is 20.6. The molecule has 0 radical (unpaired) electrons. The van der Waals surface area contributed by atoms with E-state index < -0.39 is 11.8 Å². The minimum Gasteiger partial charge on any atom is -0.496 e. The van der Waals surface area contributed by atoms with Crippen molar-refractivity contribution in [2.75, 3.05) is 21.2 Å². The molecule has 25 heavy (non-hydrogen) atoms. The van der Waals surface area contributed by atoms with E-state index in [1.807, 2.05) is 26.0 Å². The molecule has 136 valence electrons. The molecule has 0 atom stereocenters. The van der Waals surface area contributed by atoms with Gasteiger partial charge in [-0.05, 0) is 31.0 Å². The molecule has 1 aliphatic rings. The van der Waals surface area contributed by atoms with Crippen LogP contribution in [0.5, 0.6) is 5.75 Å². The van der Waals surface area contributed by atoms with Crippen LogP contribution in [-0.4, -0.2) is 43.6 Å². The molecule has 5 nitrogen and oxygen atoms in total. The van der Waals surface area contributed by atoms with E-state index in [0.29, 0.717) is 11.3 Å². The molecule has 1 amide bonds. The molecule has 1 saturated carbocycles. The van der Waals surface area contributed by atoms with E-state index >= 15 is 0 Å². The molecule has 0 aliphatic heterocycles. The van der Waals surface area contributed by atoms with E-state index in [1.54, 1.807) is 14.1 Å². The zero-order valence-corrected chi connectivity index (χ0v) is 15.7. The number of carbonyl (C=O) groups excluding carboxylic acids is 3. The minimum absolute atomic E-state index is 0.101. The molecule has 0 bridgehead atoms. The van der Waals surface area contributed by atoms with Crippen molar-refractivity contribution in [2.24, 2.45) is 5.92 Å². The molecule has 1 fully saturated rings. The smallest absolute Gasteiger partial charge is 0.226 e. The highest BCUT2D eigenvalue weighted by molar-refractivity contribution is 6.12. The molecule has 0 heterocycles. The maximum atomic E-state index is 12.6. The van der Waals surface area contributed by atoms with Crippen LogP contribution in [0.2, 0.25) is 0 Å². The minimum atomic E-state index is -0.822. The molecule has 0 saturated heterocycles. The fourth-order valence-corrected chi connectivity index (χ4v) is 3.31. The van der Waals surface area contributed by atoms with Gasteiger partial charge in [0.1, 0.15) is 23.2 Å². The third-order valence-electron chi connectivity index (χ3n) is 4.33. The topological polar surface area (TPSA) is 63.7 Å². The number of nitrogens with zero attached hydrogens (tertiary/aromatic N) is 1. The van der Waals surface area contributed by atoms with Gasteiger partial charge in [0, 0.05) is 32.5 Å². The number of carbonyl (C=O) groups is 3. The van der Waals surface area contributed by atoms with Crippen LogP contribution in [0, 0.1) is 19.8 Å². The number of Topliss-reactive ketones (excluding diaryl/α,β-unsaturated/α-hetero) is 2. The maximum absolute atomic E-state index is 12.6. The second-order valence-corrected chi connectivity index (χ2v) is 6.40. The summed E-state index contributed by atoms with van der Waals surface area (Å²) in [7, 11) is 4.81. The number of hydrogen-bond acceptors (Lipinski definition) is 4. The van der Waals surface area contributed by atoms with Crippen LogP contribution < -0.4 is 4.74 Å². The van der Waals surface area contributed by atoms with E-state index in [9.17, 15) is 14.4 Å². The fraction of sp³-hybridized carbons (Fsp3) is 0.450. The Hall–Kier alpha value is -2.43. The fourth-order valence-electron chi connectivity index (χ4n) is 3.31. The van der Waals surface area contributed by atoms with Crippen molar-refractivity contribution in [3.8, 4) is 5.75 Å². The van der Waals surface area contributed by atoms with Gasteiger partial charge in [0.15, 0.2) is 0 Å². The highest BCUT2D eigenvalue weighted by Gasteiger charge is 2.41. The van der Waals surface area contributed by atoms with E-state index in [2.05, 4.69) is 13.2 Å². The molecule has 0 spiro atoms. The van der Waals surface area contributed by atoms with E-state index in [1.165, 1.54) is 12.0 Å². The number of benzene rings is 1. The van der Waals surface area contributed by atoms with Gasteiger partial charge >= 0.3 is 0 Å². The zero-order valence-electron chi connectivity index (χ0n) is 15.7. The Balaban J connectivity index is 0.00000151. The first-order valence-corrected chi connectivity index (χ1v) is 8.18. The highest BCUT2D eigenvalue weighted by atomic mass is 16.5. The summed E-state index contributed by atoms with van der Waals surface area (Å²) in [5.41, 5.74) is 2.52. The van der Waals surface area contributed by atoms with Gasteiger partial charge in [0.25, 0.3) is 0 Å². The second kappa shape index (κ2) is 8.60. The number of ketones is 2. The number of aryl methyl sites for hydroxylation is 2. The monoisotopic (exact) mass is 345 g/mol. The first-order chi connectivity index (χ1) is 11.8. The summed E-state index contributed by atoms with van der Waals surface area (Å²) in [6.07, 6.45) is 0.202. The van der Waals surface area contributed by atoms with Crippen molar-refractivity contribution in [1.82, 2.24) is 4.90 Å². The molecule has 1 aliphatic carbocycles. The van der Waals surface area contributed by atoms with Gasteiger partial charge in [-0.25, -0.2) is 0 Å². The van der Waals surface area contributed by atoms with Crippen LogP contribution in [0.25, 0.3) is 0 Å². The molecule has 5 heteroatoms. The SMILES string of the molecule is C=C.COc1cc(C)cc(C)c1C1C(=O)CC(C(=O)N(C)C)CC1=O. The lowest BCUT2D eigenvalue weighted by atomic mass is 9.74. The molecule has 0 unspecified atom stereocenters. The van der Waals surface area contributed by atoms with Gasteiger partial charge in [-0.3, -0.25) is 14.4 Å². The van der Waals surface area contributed by atoms with Crippen molar-refractivity contribution >= 4 is 17.5 Å². The van der Waals surface area contributed by atoms with E-state index in [-0.39, 0.29) is 30.3 Å². The van der Waals surface area contributed by atoms with E-state index in [0.717, 1.165) is 11.1 Å². The molecule has 1 aromatic rings. The molecule has 0 aromatic heterocycles.